The van der Waals surface area contributed by atoms with Crippen LogP contribution in [-0.4, -0.2) is 16.2 Å². The number of aromatic nitrogens is 2. The summed E-state index contributed by atoms with van der Waals surface area (Å²) in [4.78, 5) is 0. The lowest BCUT2D eigenvalue weighted by atomic mass is 10.2. The van der Waals surface area contributed by atoms with Crippen LogP contribution >= 0.6 is 0 Å². The van der Waals surface area contributed by atoms with Gasteiger partial charge in [0.15, 0.2) is 0 Å². The van der Waals surface area contributed by atoms with E-state index in [1.807, 2.05) is 0 Å². The highest BCUT2D eigenvalue weighted by molar-refractivity contribution is 4.98. The Morgan fingerprint density at radius 2 is 2.36 bits per heavy atom. The third-order valence-corrected chi connectivity index (χ3v) is 1.85. The molecule has 0 fully saturated rings. The van der Waals surface area contributed by atoms with Gasteiger partial charge in [0.1, 0.15) is 0 Å². The maximum atomic E-state index is 5.35. The van der Waals surface area contributed by atoms with Crippen molar-refractivity contribution in [1.82, 2.24) is 15.5 Å². The number of hydrogen-bond acceptors (Lipinski definition) is 4. The Balaban J connectivity index is 2.36. The molecule has 4 nitrogen and oxygen atoms in total. The van der Waals surface area contributed by atoms with E-state index in [0.717, 1.165) is 12.8 Å². The van der Waals surface area contributed by atoms with Crippen LogP contribution in [0.5, 0.6) is 0 Å². The van der Waals surface area contributed by atoms with Crippen LogP contribution in [0.4, 0.5) is 0 Å². The summed E-state index contributed by atoms with van der Waals surface area (Å²) in [6.07, 6.45) is 7.37. The molecule has 0 amide bonds. The molecule has 14 heavy (non-hydrogen) atoms. The summed E-state index contributed by atoms with van der Waals surface area (Å²) in [5.74, 6) is 3.84. The number of terminal acetylenes is 1. The van der Waals surface area contributed by atoms with Crippen LogP contribution in [0.1, 0.15) is 31.5 Å². The maximum Gasteiger partial charge on any atom is 0.230 e. The standard InChI is InChI=1S/C10H15N3O/c1-4-6-9(5-2)11-7-10-13-12-8(3)14-10/h2,9,11H,4,6-7H2,1,3H3. The van der Waals surface area contributed by atoms with Crippen LogP contribution < -0.4 is 5.32 Å². The van der Waals surface area contributed by atoms with Gasteiger partial charge in [0.05, 0.1) is 12.6 Å². The third-order valence-electron chi connectivity index (χ3n) is 1.85. The van der Waals surface area contributed by atoms with Crippen molar-refractivity contribution in [2.45, 2.75) is 39.3 Å². The molecule has 1 N–H and O–H groups in total. The van der Waals surface area contributed by atoms with Crippen LogP contribution in [-0.2, 0) is 6.54 Å². The molecule has 0 saturated carbocycles. The van der Waals surface area contributed by atoms with Crippen LogP contribution in [0.2, 0.25) is 0 Å². The number of hydrogen-bond donors (Lipinski definition) is 1. The minimum Gasteiger partial charge on any atom is -0.424 e. The molecule has 1 atom stereocenters. The molecule has 1 aromatic rings. The summed E-state index contributed by atoms with van der Waals surface area (Å²) >= 11 is 0. The Morgan fingerprint density at radius 3 is 2.86 bits per heavy atom. The van der Waals surface area contributed by atoms with Gasteiger partial charge in [-0.2, -0.15) is 0 Å². The van der Waals surface area contributed by atoms with E-state index in [9.17, 15) is 0 Å². The molecule has 1 rings (SSSR count). The Hall–Kier alpha value is -1.34. The predicted octanol–water partition coefficient (Wildman–Crippen LogP) is 1.27. The molecule has 1 heterocycles. The zero-order valence-corrected chi connectivity index (χ0v) is 8.58. The van der Waals surface area contributed by atoms with Crippen molar-refractivity contribution in [2.24, 2.45) is 0 Å². The highest BCUT2D eigenvalue weighted by atomic mass is 16.4. The Morgan fingerprint density at radius 1 is 1.57 bits per heavy atom. The van der Waals surface area contributed by atoms with Crippen molar-refractivity contribution in [1.29, 1.82) is 0 Å². The Labute approximate surface area is 84.1 Å². The van der Waals surface area contributed by atoms with Crippen molar-refractivity contribution < 1.29 is 4.42 Å². The molecule has 4 heteroatoms. The molecular formula is C10H15N3O. The van der Waals surface area contributed by atoms with Gasteiger partial charge in [0.2, 0.25) is 11.8 Å². The lowest BCUT2D eigenvalue weighted by Crippen LogP contribution is -2.26. The van der Waals surface area contributed by atoms with E-state index in [0.29, 0.717) is 18.3 Å². The van der Waals surface area contributed by atoms with Crippen LogP contribution in [0, 0.1) is 19.3 Å². The van der Waals surface area contributed by atoms with Gasteiger partial charge in [-0.1, -0.05) is 19.3 Å². The number of nitrogens with one attached hydrogen (secondary N) is 1. The Kier molecular flexibility index (Phi) is 4.14. The minimum atomic E-state index is 0.0900. The summed E-state index contributed by atoms with van der Waals surface area (Å²) < 4.78 is 5.20. The minimum absolute atomic E-state index is 0.0900. The topological polar surface area (TPSA) is 51.0 Å². The average Bonchev–Trinajstić information content (AvgIpc) is 2.59. The lowest BCUT2D eigenvalue weighted by Gasteiger charge is -2.09. The zero-order chi connectivity index (χ0) is 10.4. The molecule has 0 spiro atoms. The molecule has 1 unspecified atom stereocenters. The maximum absolute atomic E-state index is 5.35. The summed E-state index contributed by atoms with van der Waals surface area (Å²) in [5, 5.41) is 10.8. The van der Waals surface area contributed by atoms with Crippen molar-refractivity contribution >= 4 is 0 Å². The quantitative estimate of drug-likeness (QED) is 0.715. The number of aryl methyl sites for hydroxylation is 1. The van der Waals surface area contributed by atoms with Crippen molar-refractivity contribution in [2.75, 3.05) is 0 Å². The van der Waals surface area contributed by atoms with Gasteiger partial charge in [0.25, 0.3) is 0 Å². The van der Waals surface area contributed by atoms with Gasteiger partial charge in [0, 0.05) is 6.92 Å². The predicted molar refractivity (Wildman–Crippen MR) is 53.4 cm³/mol. The molecule has 76 valence electrons. The van der Waals surface area contributed by atoms with Gasteiger partial charge >= 0.3 is 0 Å². The monoisotopic (exact) mass is 193 g/mol. The van der Waals surface area contributed by atoms with E-state index in [1.165, 1.54) is 0 Å². The summed E-state index contributed by atoms with van der Waals surface area (Å²) in [5.41, 5.74) is 0. The molecule has 1 aromatic heterocycles. The van der Waals surface area contributed by atoms with Crippen molar-refractivity contribution in [3.63, 3.8) is 0 Å². The van der Waals surface area contributed by atoms with Crippen LogP contribution in [0.25, 0.3) is 0 Å². The second-order valence-electron chi connectivity index (χ2n) is 3.10. The van der Waals surface area contributed by atoms with Gasteiger partial charge in [-0.25, -0.2) is 0 Å². The Bertz CT molecular complexity index is 313. The molecule has 0 bridgehead atoms. The smallest absolute Gasteiger partial charge is 0.230 e. The molecule has 0 aliphatic carbocycles. The normalized spacial score (nSPS) is 12.4. The van der Waals surface area contributed by atoms with Crippen molar-refractivity contribution in [3.05, 3.63) is 11.8 Å². The molecular weight excluding hydrogens is 178 g/mol. The first kappa shape index (κ1) is 10.7. The fraction of sp³-hybridized carbons (Fsp3) is 0.600. The van der Waals surface area contributed by atoms with E-state index < -0.39 is 0 Å². The average molecular weight is 193 g/mol. The van der Waals surface area contributed by atoms with E-state index in [-0.39, 0.29) is 6.04 Å². The lowest BCUT2D eigenvalue weighted by molar-refractivity contribution is 0.432. The SMILES string of the molecule is C#CC(CCC)NCc1nnc(C)o1. The van der Waals surface area contributed by atoms with Gasteiger partial charge < -0.3 is 4.42 Å². The molecule has 0 aliphatic rings. The second-order valence-corrected chi connectivity index (χ2v) is 3.10. The first-order chi connectivity index (χ1) is 6.76. The fourth-order valence-corrected chi connectivity index (χ4v) is 1.15. The first-order valence-corrected chi connectivity index (χ1v) is 4.74. The van der Waals surface area contributed by atoms with E-state index in [1.54, 1.807) is 6.92 Å². The van der Waals surface area contributed by atoms with E-state index in [4.69, 9.17) is 10.8 Å². The highest BCUT2D eigenvalue weighted by Crippen LogP contribution is 2.00. The van der Waals surface area contributed by atoms with E-state index >= 15 is 0 Å². The van der Waals surface area contributed by atoms with Crippen molar-refractivity contribution in [3.8, 4) is 12.3 Å². The van der Waals surface area contributed by atoms with Crippen LogP contribution in [0.15, 0.2) is 4.42 Å². The van der Waals surface area contributed by atoms with Gasteiger partial charge in [-0.05, 0) is 6.42 Å². The molecule has 0 aromatic carbocycles. The highest BCUT2D eigenvalue weighted by Gasteiger charge is 2.06. The molecule has 0 saturated heterocycles. The zero-order valence-electron chi connectivity index (χ0n) is 8.58. The van der Waals surface area contributed by atoms with Gasteiger partial charge in [-0.15, -0.1) is 16.6 Å². The summed E-state index contributed by atoms with van der Waals surface area (Å²) in [6.45, 7) is 4.40. The third kappa shape index (κ3) is 3.19. The molecule has 0 aliphatic heterocycles. The summed E-state index contributed by atoms with van der Waals surface area (Å²) in [7, 11) is 0. The number of rotatable bonds is 5. The molecule has 0 radical (unpaired) electrons. The first-order valence-electron chi connectivity index (χ1n) is 4.74. The summed E-state index contributed by atoms with van der Waals surface area (Å²) in [6, 6.07) is 0.0900. The second kappa shape index (κ2) is 5.40. The van der Waals surface area contributed by atoms with Gasteiger partial charge in [-0.3, -0.25) is 5.32 Å². The number of nitrogens with zero attached hydrogens (tertiary/aromatic N) is 2. The van der Waals surface area contributed by atoms with Crippen LogP contribution in [0.3, 0.4) is 0 Å². The largest absolute Gasteiger partial charge is 0.424 e. The fourth-order valence-electron chi connectivity index (χ4n) is 1.15. The van der Waals surface area contributed by atoms with E-state index in [2.05, 4.69) is 28.4 Å².